The number of hydrogen-bond acceptors (Lipinski definition) is 3. The Labute approximate surface area is 113 Å². The van der Waals surface area contributed by atoms with E-state index in [4.69, 9.17) is 5.26 Å². The zero-order valence-corrected chi connectivity index (χ0v) is 10.7. The number of carbonyl (C=O) groups is 1. The normalized spacial score (nSPS) is 21.7. The fraction of sp³-hybridized carbons (Fsp3) is 0.385. The lowest BCUT2D eigenvalue weighted by Gasteiger charge is -2.10. The summed E-state index contributed by atoms with van der Waals surface area (Å²) in [6.07, 6.45) is 0.608. The first-order valence-electron chi connectivity index (χ1n) is 5.74. The Morgan fingerprint density at radius 2 is 2.17 bits per heavy atom. The molecule has 1 unspecified atom stereocenters. The van der Waals surface area contributed by atoms with Crippen LogP contribution in [0.5, 0.6) is 0 Å². The van der Waals surface area contributed by atoms with E-state index in [0.29, 0.717) is 19.5 Å². The second-order valence-electron chi connectivity index (χ2n) is 4.23. The molecule has 4 nitrogen and oxygen atoms in total. The zero-order valence-electron chi connectivity index (χ0n) is 9.93. The number of nitriles is 1. The monoisotopic (exact) mass is 265 g/mol. The molecule has 5 heteroatoms. The lowest BCUT2D eigenvalue weighted by Crippen LogP contribution is -2.39. The minimum Gasteiger partial charge on any atom is -0.351 e. The van der Waals surface area contributed by atoms with E-state index in [1.165, 1.54) is 0 Å². The molecule has 2 N–H and O–H groups in total. The Balaban J connectivity index is 0.00000162. The number of carbonyl (C=O) groups excluding carboxylic acids is 1. The summed E-state index contributed by atoms with van der Waals surface area (Å²) in [5.74, 6) is -0.0610. The van der Waals surface area contributed by atoms with Crippen molar-refractivity contribution in [3.05, 3.63) is 35.9 Å². The summed E-state index contributed by atoms with van der Waals surface area (Å²) >= 11 is 0. The van der Waals surface area contributed by atoms with Crippen LogP contribution in [-0.2, 0) is 11.3 Å². The Bertz CT molecular complexity index is 430. The average Bonchev–Trinajstić information content (AvgIpc) is 2.86. The quantitative estimate of drug-likeness (QED) is 0.864. The molecule has 0 aliphatic carbocycles. The third-order valence-electron chi connectivity index (χ3n) is 2.94. The lowest BCUT2D eigenvalue weighted by molar-refractivity contribution is -0.122. The van der Waals surface area contributed by atoms with Crippen LogP contribution in [0.4, 0.5) is 0 Å². The standard InChI is InChI=1S/C13H15N3O.ClH/c14-7-11-6-12(15-9-11)13(17)16-8-10-4-2-1-3-5-10;/h1-5,11-12,15H,6,8-9H2,(H,16,17);1H/t11?,12-;/m0./s1. The molecule has 18 heavy (non-hydrogen) atoms. The molecule has 1 heterocycles. The zero-order chi connectivity index (χ0) is 12.1. The van der Waals surface area contributed by atoms with E-state index in [1.54, 1.807) is 0 Å². The molecule has 0 saturated carbocycles. The smallest absolute Gasteiger partial charge is 0.237 e. The van der Waals surface area contributed by atoms with Gasteiger partial charge in [0.05, 0.1) is 18.0 Å². The molecular weight excluding hydrogens is 250 g/mol. The molecule has 1 aliphatic heterocycles. The Hall–Kier alpha value is -1.57. The Morgan fingerprint density at radius 1 is 1.44 bits per heavy atom. The van der Waals surface area contributed by atoms with Crippen LogP contribution < -0.4 is 10.6 Å². The van der Waals surface area contributed by atoms with Gasteiger partial charge in [0.1, 0.15) is 0 Å². The summed E-state index contributed by atoms with van der Waals surface area (Å²) in [6, 6.07) is 11.7. The van der Waals surface area contributed by atoms with Crippen molar-refractivity contribution in [2.75, 3.05) is 6.54 Å². The molecule has 0 aromatic heterocycles. The van der Waals surface area contributed by atoms with Crippen LogP contribution in [0.25, 0.3) is 0 Å². The highest BCUT2D eigenvalue weighted by Crippen LogP contribution is 2.12. The van der Waals surface area contributed by atoms with Gasteiger partial charge in [-0.15, -0.1) is 12.4 Å². The van der Waals surface area contributed by atoms with Crippen molar-refractivity contribution in [1.29, 1.82) is 5.26 Å². The van der Waals surface area contributed by atoms with E-state index < -0.39 is 0 Å². The maximum Gasteiger partial charge on any atom is 0.237 e. The van der Waals surface area contributed by atoms with Gasteiger partial charge in [-0.25, -0.2) is 0 Å². The van der Waals surface area contributed by atoms with Crippen molar-refractivity contribution in [2.45, 2.75) is 19.0 Å². The predicted molar refractivity (Wildman–Crippen MR) is 71.0 cm³/mol. The molecule has 1 amide bonds. The first-order chi connectivity index (χ1) is 8.29. The number of amides is 1. The Kier molecular flexibility index (Phi) is 5.63. The van der Waals surface area contributed by atoms with Crippen LogP contribution in [0.15, 0.2) is 30.3 Å². The number of benzene rings is 1. The van der Waals surface area contributed by atoms with Crippen molar-refractivity contribution in [3.8, 4) is 6.07 Å². The SMILES string of the molecule is Cl.N#CC1CN[C@H](C(=O)NCc2ccccc2)C1. The third kappa shape index (κ3) is 3.73. The van der Waals surface area contributed by atoms with Gasteiger partial charge >= 0.3 is 0 Å². The van der Waals surface area contributed by atoms with Gasteiger partial charge in [0.2, 0.25) is 5.91 Å². The molecule has 1 aliphatic rings. The summed E-state index contributed by atoms with van der Waals surface area (Å²) in [7, 11) is 0. The number of rotatable bonds is 3. The van der Waals surface area contributed by atoms with Gasteiger partial charge in [-0.3, -0.25) is 4.79 Å². The molecule has 0 spiro atoms. The molecule has 1 aromatic carbocycles. The maximum atomic E-state index is 11.8. The van der Waals surface area contributed by atoms with E-state index in [-0.39, 0.29) is 30.3 Å². The fourth-order valence-corrected chi connectivity index (χ4v) is 1.94. The van der Waals surface area contributed by atoms with Crippen LogP contribution in [0, 0.1) is 17.2 Å². The number of halogens is 1. The molecule has 2 rings (SSSR count). The molecule has 0 radical (unpaired) electrons. The van der Waals surface area contributed by atoms with Crippen LogP contribution in [0.2, 0.25) is 0 Å². The predicted octanol–water partition coefficient (Wildman–Crippen LogP) is 1.23. The van der Waals surface area contributed by atoms with Crippen LogP contribution >= 0.6 is 12.4 Å². The van der Waals surface area contributed by atoms with Crippen molar-refractivity contribution < 1.29 is 4.79 Å². The number of hydrogen-bond donors (Lipinski definition) is 2. The van der Waals surface area contributed by atoms with Gasteiger partial charge in [-0.05, 0) is 12.0 Å². The van der Waals surface area contributed by atoms with Gasteiger partial charge in [0.25, 0.3) is 0 Å². The van der Waals surface area contributed by atoms with Crippen LogP contribution in [-0.4, -0.2) is 18.5 Å². The molecule has 1 fully saturated rings. The van der Waals surface area contributed by atoms with Crippen molar-refractivity contribution in [1.82, 2.24) is 10.6 Å². The first kappa shape index (κ1) is 14.5. The summed E-state index contributed by atoms with van der Waals surface area (Å²) in [4.78, 5) is 11.8. The van der Waals surface area contributed by atoms with Crippen LogP contribution in [0.1, 0.15) is 12.0 Å². The molecule has 1 aromatic rings. The van der Waals surface area contributed by atoms with Crippen LogP contribution in [0.3, 0.4) is 0 Å². The second kappa shape index (κ2) is 7.00. The third-order valence-corrected chi connectivity index (χ3v) is 2.94. The van der Waals surface area contributed by atoms with Crippen molar-refractivity contribution >= 4 is 18.3 Å². The van der Waals surface area contributed by atoms with Gasteiger partial charge < -0.3 is 10.6 Å². The summed E-state index contributed by atoms with van der Waals surface area (Å²) in [5, 5.41) is 14.7. The average molecular weight is 266 g/mol. The minimum absolute atomic E-state index is 0. The van der Waals surface area contributed by atoms with Gasteiger partial charge in [0.15, 0.2) is 0 Å². The Morgan fingerprint density at radius 3 is 2.78 bits per heavy atom. The number of nitrogens with one attached hydrogen (secondary N) is 2. The number of nitrogens with zero attached hydrogens (tertiary/aromatic N) is 1. The second-order valence-corrected chi connectivity index (χ2v) is 4.23. The van der Waals surface area contributed by atoms with Gasteiger partial charge in [-0.1, -0.05) is 30.3 Å². The fourth-order valence-electron chi connectivity index (χ4n) is 1.94. The molecular formula is C13H16ClN3O. The summed E-state index contributed by atoms with van der Waals surface area (Å²) < 4.78 is 0. The largest absolute Gasteiger partial charge is 0.351 e. The van der Waals surface area contributed by atoms with E-state index in [9.17, 15) is 4.79 Å². The summed E-state index contributed by atoms with van der Waals surface area (Å²) in [5.41, 5.74) is 1.08. The highest BCUT2D eigenvalue weighted by molar-refractivity contribution is 5.85. The molecule has 0 bridgehead atoms. The molecule has 96 valence electrons. The molecule has 2 atom stereocenters. The van der Waals surface area contributed by atoms with Crippen molar-refractivity contribution in [3.63, 3.8) is 0 Å². The highest BCUT2D eigenvalue weighted by Gasteiger charge is 2.28. The molecule has 1 saturated heterocycles. The van der Waals surface area contributed by atoms with E-state index in [1.807, 2.05) is 30.3 Å². The van der Waals surface area contributed by atoms with E-state index in [0.717, 1.165) is 5.56 Å². The van der Waals surface area contributed by atoms with Gasteiger partial charge in [0, 0.05) is 13.1 Å². The first-order valence-corrected chi connectivity index (χ1v) is 5.74. The van der Waals surface area contributed by atoms with E-state index >= 15 is 0 Å². The highest BCUT2D eigenvalue weighted by atomic mass is 35.5. The van der Waals surface area contributed by atoms with Crippen molar-refractivity contribution in [2.24, 2.45) is 5.92 Å². The maximum absolute atomic E-state index is 11.8. The van der Waals surface area contributed by atoms with Gasteiger partial charge in [-0.2, -0.15) is 5.26 Å². The van der Waals surface area contributed by atoms with E-state index in [2.05, 4.69) is 16.7 Å². The topological polar surface area (TPSA) is 64.9 Å². The summed E-state index contributed by atoms with van der Waals surface area (Å²) in [6.45, 7) is 1.15. The lowest BCUT2D eigenvalue weighted by atomic mass is 10.1. The minimum atomic E-state index is -0.219.